The molecular weight excluding hydrogens is 318 g/mol. The lowest BCUT2D eigenvalue weighted by Crippen LogP contribution is -2.44. The van der Waals surface area contributed by atoms with E-state index in [1.165, 1.54) is 10.5 Å². The number of sulfonamides is 1. The third-order valence-electron chi connectivity index (χ3n) is 3.85. The van der Waals surface area contributed by atoms with E-state index >= 15 is 0 Å². The Balaban J connectivity index is 1.75. The molecule has 1 fully saturated rings. The molecule has 0 saturated carbocycles. The molecule has 8 nitrogen and oxygen atoms in total. The molecular formula is C14H19N5O3S. The maximum Gasteiger partial charge on any atom is 0.316 e. The number of aromatic nitrogens is 4. The molecule has 3 rings (SSSR count). The highest BCUT2D eigenvalue weighted by Gasteiger charge is 2.33. The van der Waals surface area contributed by atoms with E-state index in [9.17, 15) is 8.42 Å². The molecule has 0 spiro atoms. The van der Waals surface area contributed by atoms with E-state index in [0.29, 0.717) is 12.4 Å². The number of piperidine rings is 1. The molecule has 23 heavy (non-hydrogen) atoms. The molecule has 0 N–H and O–H groups in total. The first kappa shape index (κ1) is 15.9. The SMILES string of the molecule is Cc1nc(S(=O)(=O)N2CCCC(Oc3ncccn3)C2)cn1C. The van der Waals surface area contributed by atoms with Crippen LogP contribution < -0.4 is 4.74 Å². The van der Waals surface area contributed by atoms with Crippen molar-refractivity contribution in [3.63, 3.8) is 0 Å². The average Bonchev–Trinajstić information content (AvgIpc) is 2.89. The van der Waals surface area contributed by atoms with Gasteiger partial charge in [0.25, 0.3) is 10.0 Å². The van der Waals surface area contributed by atoms with Gasteiger partial charge in [-0.05, 0) is 25.8 Å². The minimum absolute atomic E-state index is 0.0779. The minimum atomic E-state index is -3.61. The Morgan fingerprint density at radius 2 is 2.04 bits per heavy atom. The van der Waals surface area contributed by atoms with Crippen LogP contribution in [0.3, 0.4) is 0 Å². The van der Waals surface area contributed by atoms with Gasteiger partial charge in [0, 0.05) is 32.2 Å². The summed E-state index contributed by atoms with van der Waals surface area (Å²) in [5, 5.41) is 0.0779. The van der Waals surface area contributed by atoms with E-state index in [-0.39, 0.29) is 23.7 Å². The summed E-state index contributed by atoms with van der Waals surface area (Å²) < 4.78 is 34.2. The van der Waals surface area contributed by atoms with Gasteiger partial charge in [-0.1, -0.05) is 0 Å². The van der Waals surface area contributed by atoms with E-state index in [0.717, 1.165) is 12.8 Å². The van der Waals surface area contributed by atoms with Gasteiger partial charge in [-0.3, -0.25) is 0 Å². The lowest BCUT2D eigenvalue weighted by atomic mass is 10.1. The highest BCUT2D eigenvalue weighted by molar-refractivity contribution is 7.89. The third kappa shape index (κ3) is 3.35. The van der Waals surface area contributed by atoms with Gasteiger partial charge in [0.05, 0.1) is 6.54 Å². The molecule has 124 valence electrons. The van der Waals surface area contributed by atoms with Crippen LogP contribution in [0.2, 0.25) is 0 Å². The first-order chi connectivity index (χ1) is 11.0. The van der Waals surface area contributed by atoms with Crippen molar-refractivity contribution >= 4 is 10.0 Å². The van der Waals surface area contributed by atoms with Gasteiger partial charge in [0.2, 0.25) is 0 Å². The van der Waals surface area contributed by atoms with Crippen molar-refractivity contribution in [2.45, 2.75) is 30.9 Å². The Morgan fingerprint density at radius 3 is 2.70 bits per heavy atom. The van der Waals surface area contributed by atoms with Crippen molar-refractivity contribution in [3.05, 3.63) is 30.5 Å². The van der Waals surface area contributed by atoms with Crippen molar-refractivity contribution in [3.8, 4) is 6.01 Å². The van der Waals surface area contributed by atoms with Crippen LogP contribution in [0.5, 0.6) is 6.01 Å². The van der Waals surface area contributed by atoms with Gasteiger partial charge in [0.15, 0.2) is 5.03 Å². The lowest BCUT2D eigenvalue weighted by Gasteiger charge is -2.30. The van der Waals surface area contributed by atoms with Crippen LogP contribution in [0.1, 0.15) is 18.7 Å². The molecule has 2 aromatic rings. The number of ether oxygens (including phenoxy) is 1. The van der Waals surface area contributed by atoms with Crippen LogP contribution in [-0.2, 0) is 17.1 Å². The molecule has 2 aromatic heterocycles. The largest absolute Gasteiger partial charge is 0.459 e. The number of hydrogen-bond acceptors (Lipinski definition) is 6. The summed E-state index contributed by atoms with van der Waals surface area (Å²) in [5.41, 5.74) is 0. The number of nitrogens with zero attached hydrogens (tertiary/aromatic N) is 5. The summed E-state index contributed by atoms with van der Waals surface area (Å²) in [6.45, 7) is 2.51. The predicted molar refractivity (Wildman–Crippen MR) is 82.4 cm³/mol. The fourth-order valence-corrected chi connectivity index (χ4v) is 4.03. The third-order valence-corrected chi connectivity index (χ3v) is 5.58. The van der Waals surface area contributed by atoms with Gasteiger partial charge >= 0.3 is 6.01 Å². The van der Waals surface area contributed by atoms with Gasteiger partial charge in [-0.25, -0.2) is 23.4 Å². The zero-order valence-electron chi connectivity index (χ0n) is 13.1. The van der Waals surface area contributed by atoms with Gasteiger partial charge < -0.3 is 9.30 Å². The molecule has 1 unspecified atom stereocenters. The normalized spacial score (nSPS) is 19.7. The summed E-state index contributed by atoms with van der Waals surface area (Å²) >= 11 is 0. The van der Waals surface area contributed by atoms with Crippen LogP contribution in [-0.4, -0.2) is 51.4 Å². The fourth-order valence-electron chi connectivity index (χ4n) is 2.50. The molecule has 3 heterocycles. The van der Waals surface area contributed by atoms with Crippen LogP contribution in [0.15, 0.2) is 29.7 Å². The smallest absolute Gasteiger partial charge is 0.316 e. The number of aryl methyl sites for hydroxylation is 2. The predicted octanol–water partition coefficient (Wildman–Crippen LogP) is 0.751. The molecule has 0 aliphatic carbocycles. The summed E-state index contributed by atoms with van der Waals surface area (Å²) in [4.78, 5) is 12.2. The summed E-state index contributed by atoms with van der Waals surface area (Å²) in [6, 6.07) is 1.97. The van der Waals surface area contributed by atoms with Crippen LogP contribution >= 0.6 is 0 Å². The lowest BCUT2D eigenvalue weighted by molar-refractivity contribution is 0.119. The van der Waals surface area contributed by atoms with Crippen molar-refractivity contribution < 1.29 is 13.2 Å². The quantitative estimate of drug-likeness (QED) is 0.818. The zero-order valence-corrected chi connectivity index (χ0v) is 13.9. The zero-order chi connectivity index (χ0) is 16.4. The molecule has 9 heteroatoms. The molecule has 0 bridgehead atoms. The highest BCUT2D eigenvalue weighted by Crippen LogP contribution is 2.22. The Hall–Kier alpha value is -2.00. The van der Waals surface area contributed by atoms with E-state index in [1.807, 2.05) is 0 Å². The van der Waals surface area contributed by atoms with Crippen molar-refractivity contribution in [2.24, 2.45) is 7.05 Å². The Bertz CT molecular complexity index is 755. The molecule has 0 radical (unpaired) electrons. The molecule has 1 atom stereocenters. The van der Waals surface area contributed by atoms with Crippen LogP contribution in [0, 0.1) is 6.92 Å². The monoisotopic (exact) mass is 337 g/mol. The summed E-state index contributed by atoms with van der Waals surface area (Å²) in [6.07, 6.45) is 5.96. The first-order valence-corrected chi connectivity index (χ1v) is 8.84. The van der Waals surface area contributed by atoms with Crippen molar-refractivity contribution in [1.29, 1.82) is 0 Å². The van der Waals surface area contributed by atoms with Gasteiger partial charge in [0.1, 0.15) is 11.9 Å². The molecule has 1 saturated heterocycles. The maximum absolute atomic E-state index is 12.7. The van der Waals surface area contributed by atoms with Crippen molar-refractivity contribution in [2.75, 3.05) is 13.1 Å². The molecule has 0 amide bonds. The number of hydrogen-bond donors (Lipinski definition) is 0. The molecule has 1 aliphatic rings. The van der Waals surface area contributed by atoms with Crippen LogP contribution in [0.4, 0.5) is 0 Å². The van der Waals surface area contributed by atoms with E-state index < -0.39 is 10.0 Å². The molecule has 1 aliphatic heterocycles. The Labute approximate surface area is 135 Å². The minimum Gasteiger partial charge on any atom is -0.459 e. The van der Waals surface area contributed by atoms with Crippen LogP contribution in [0.25, 0.3) is 0 Å². The van der Waals surface area contributed by atoms with E-state index in [2.05, 4.69) is 15.0 Å². The number of rotatable bonds is 4. The Kier molecular flexibility index (Phi) is 4.31. The standard InChI is InChI=1S/C14H19N5O3S/c1-11-17-13(10-18(11)2)23(20,21)19-8-3-5-12(9-19)22-14-15-6-4-7-16-14/h4,6-7,10,12H,3,5,8-9H2,1-2H3. The Morgan fingerprint density at radius 1 is 1.30 bits per heavy atom. The number of imidazole rings is 1. The summed E-state index contributed by atoms with van der Waals surface area (Å²) in [5.74, 6) is 0.658. The van der Waals surface area contributed by atoms with E-state index in [4.69, 9.17) is 4.74 Å². The average molecular weight is 337 g/mol. The second-order valence-corrected chi connectivity index (χ2v) is 7.40. The summed E-state index contributed by atoms with van der Waals surface area (Å²) in [7, 11) is -1.83. The molecule has 0 aromatic carbocycles. The first-order valence-electron chi connectivity index (χ1n) is 7.40. The van der Waals surface area contributed by atoms with Gasteiger partial charge in [-0.2, -0.15) is 4.31 Å². The highest BCUT2D eigenvalue weighted by atomic mass is 32.2. The second kappa shape index (κ2) is 6.25. The van der Waals surface area contributed by atoms with Crippen molar-refractivity contribution in [1.82, 2.24) is 23.8 Å². The van der Waals surface area contributed by atoms with Gasteiger partial charge in [-0.15, -0.1) is 0 Å². The van der Waals surface area contributed by atoms with E-state index in [1.54, 1.807) is 37.0 Å². The topological polar surface area (TPSA) is 90.2 Å². The second-order valence-electron chi connectivity index (χ2n) is 5.51. The maximum atomic E-state index is 12.7. The fraction of sp³-hybridized carbons (Fsp3) is 0.500.